The summed E-state index contributed by atoms with van der Waals surface area (Å²) in [4.78, 5) is 0. The summed E-state index contributed by atoms with van der Waals surface area (Å²) in [5, 5.41) is 1.25. The Hall–Kier alpha value is 0.352. The molecule has 0 bridgehead atoms. The van der Waals surface area contributed by atoms with E-state index >= 15 is 0 Å². The molecule has 0 saturated heterocycles. The van der Waals surface area contributed by atoms with Crippen molar-refractivity contribution in [3.05, 3.63) is 0 Å². The van der Waals surface area contributed by atoms with Crippen molar-refractivity contribution in [1.82, 2.24) is 0 Å². The predicted octanol–water partition coefficient (Wildman–Crippen LogP) is 0.883. The Morgan fingerprint density at radius 2 is 1.50 bits per heavy atom. The molecule has 0 atom stereocenters. The van der Waals surface area contributed by atoms with E-state index in [2.05, 4.69) is 0 Å². The average Bonchev–Trinajstić information content (AvgIpc) is 0.918. The van der Waals surface area contributed by atoms with Gasteiger partial charge in [-0.05, 0) is 9.05 Å². The van der Waals surface area contributed by atoms with Crippen LogP contribution in [0.25, 0.3) is 0 Å². The first-order chi connectivity index (χ1) is 1.41. The predicted molar refractivity (Wildman–Crippen MR) is 13.3 cm³/mol. The van der Waals surface area contributed by atoms with E-state index in [4.69, 9.17) is 9.05 Å². The zero-order valence-electron chi connectivity index (χ0n) is 1.74. The van der Waals surface area contributed by atoms with Crippen LogP contribution in [0.5, 0.6) is 0 Å². The second-order valence-electron chi connectivity index (χ2n) is 0.0583. The minimum atomic E-state index is 0. The van der Waals surface area contributed by atoms with Crippen LogP contribution in [0, 0.1) is 0 Å². The van der Waals surface area contributed by atoms with Crippen molar-refractivity contribution in [1.29, 1.82) is 0 Å². The Balaban J connectivity index is -0.00000000667. The Morgan fingerprint density at radius 3 is 1.50 bits per heavy atom. The summed E-state index contributed by atoms with van der Waals surface area (Å²) in [6, 6.07) is 0. The molecular formula is H4AlF2O. The van der Waals surface area contributed by atoms with Crippen LogP contribution >= 0.6 is 0 Å². The minimum absolute atomic E-state index is 0. The van der Waals surface area contributed by atoms with Crippen LogP contribution in [0.2, 0.25) is 0 Å². The van der Waals surface area contributed by atoms with Crippen molar-refractivity contribution in [3.8, 4) is 0 Å². The van der Waals surface area contributed by atoms with Gasteiger partial charge in [0.05, 0.1) is 0 Å². The number of halogens is 2. The Kier molecular flexibility index (Phi) is 22.4. The molecule has 0 amide bonds. The summed E-state index contributed by atoms with van der Waals surface area (Å²) < 4.78 is 18.2. The molecule has 1 nitrogen and oxygen atoms in total. The van der Waals surface area contributed by atoms with E-state index in [1.54, 1.807) is 0 Å². The zero-order chi connectivity index (χ0) is 2.71. The highest BCUT2D eigenvalue weighted by atomic mass is 27.0. The quantitative estimate of drug-likeness (QED) is 0.397. The molecule has 0 aromatic heterocycles. The molecule has 0 rings (SSSR count). The zero-order valence-corrected chi connectivity index (χ0v) is 2.90. The smallest absolute Gasteiger partial charge is 0.0104 e. The van der Waals surface area contributed by atoms with Crippen LogP contribution in [0.4, 0.5) is 9.05 Å². The largest absolute Gasteiger partial charge is 0.0209 e. The molecule has 0 aliphatic carbocycles. The molecule has 4 heavy (non-hydrogen) atoms. The normalized spacial score (nSPS) is 4.50. The van der Waals surface area contributed by atoms with Crippen LogP contribution in [-0.2, 0) is 5.15 Å². The van der Waals surface area contributed by atoms with E-state index < -0.39 is 0 Å². The first-order valence-corrected chi connectivity index (χ1v) is 0.309. The standard InChI is InChI=1S/Al.F2O.2H2/c;1-3-2;;/h;;2*1H. The van der Waals surface area contributed by atoms with Crippen LogP contribution in [0.3, 0.4) is 0 Å². The second-order valence-corrected chi connectivity index (χ2v) is 0.0583. The van der Waals surface area contributed by atoms with Gasteiger partial charge < -0.3 is 0 Å². The molecule has 0 spiro atoms. The Bertz CT molecular complexity index is 11.5. The van der Waals surface area contributed by atoms with Crippen molar-refractivity contribution in [3.63, 3.8) is 0 Å². The molecule has 0 unspecified atom stereocenters. The lowest BCUT2D eigenvalue weighted by atomic mass is 15.4. The van der Waals surface area contributed by atoms with E-state index in [0.717, 1.165) is 0 Å². The van der Waals surface area contributed by atoms with Gasteiger partial charge in [0.15, 0.2) is 0 Å². The molecule has 0 saturated carbocycles. The lowest BCUT2D eigenvalue weighted by molar-refractivity contribution is -0.317. The highest BCUT2D eigenvalue weighted by molar-refractivity contribution is 5.75. The molecule has 0 aromatic carbocycles. The second kappa shape index (κ2) is 10.1. The summed E-state index contributed by atoms with van der Waals surface area (Å²) >= 11 is 0. The monoisotopic (exact) mass is 85.0 g/mol. The fourth-order valence-electron chi connectivity index (χ4n) is 0. The molecule has 0 aliphatic rings. The number of hydrogen-bond donors (Lipinski definition) is 0. The van der Waals surface area contributed by atoms with Crippen molar-refractivity contribution in [2.75, 3.05) is 0 Å². The number of rotatable bonds is 0. The molecule has 0 N–H and O–H groups in total. The summed E-state index contributed by atoms with van der Waals surface area (Å²) in [7, 11) is 0. The summed E-state index contributed by atoms with van der Waals surface area (Å²) in [5.74, 6) is 0. The van der Waals surface area contributed by atoms with Crippen molar-refractivity contribution in [2.45, 2.75) is 0 Å². The lowest BCUT2D eigenvalue weighted by Gasteiger charge is -1.41. The van der Waals surface area contributed by atoms with Crippen molar-refractivity contribution < 1.29 is 17.1 Å². The molecule has 0 heterocycles. The molecular weight excluding hydrogens is 81.0 g/mol. The molecule has 0 aliphatic heterocycles. The van der Waals surface area contributed by atoms with Gasteiger partial charge in [0.25, 0.3) is 0 Å². The van der Waals surface area contributed by atoms with E-state index in [1.807, 2.05) is 0 Å². The van der Waals surface area contributed by atoms with Gasteiger partial charge in [-0.2, -0.15) is 0 Å². The molecule has 27 valence electrons. The SMILES string of the molecule is FOF.[Al].[HH].[HH]. The van der Waals surface area contributed by atoms with Crippen molar-refractivity contribution >= 4 is 17.4 Å². The van der Waals surface area contributed by atoms with Gasteiger partial charge >= 0.3 is 0 Å². The minimum Gasteiger partial charge on any atom is -0.0104 e. The average molecular weight is 85.0 g/mol. The fourth-order valence-corrected chi connectivity index (χ4v) is 0. The lowest BCUT2D eigenvalue weighted by Crippen LogP contribution is -1.26. The first kappa shape index (κ1) is 8.84. The van der Waals surface area contributed by atoms with Crippen LogP contribution in [0.1, 0.15) is 2.85 Å². The van der Waals surface area contributed by atoms with Gasteiger partial charge in [0.2, 0.25) is 0 Å². The topological polar surface area (TPSA) is 9.23 Å². The van der Waals surface area contributed by atoms with Gasteiger partial charge in [0.1, 0.15) is 0 Å². The fraction of sp³-hybridized carbons (Fsp3) is 0. The van der Waals surface area contributed by atoms with Gasteiger partial charge in [-0.3, -0.25) is 0 Å². The highest BCUT2D eigenvalue weighted by Gasteiger charge is 1.42. The molecule has 0 aromatic rings. The van der Waals surface area contributed by atoms with Gasteiger partial charge in [0, 0.05) is 25.4 Å². The van der Waals surface area contributed by atoms with Crippen molar-refractivity contribution in [2.24, 2.45) is 0 Å². The maximum Gasteiger partial charge on any atom is 0.0209 e. The van der Waals surface area contributed by atoms with Crippen LogP contribution in [0.15, 0.2) is 0 Å². The Labute approximate surface area is 35.5 Å². The Morgan fingerprint density at radius 1 is 1.50 bits per heavy atom. The van der Waals surface area contributed by atoms with Crippen LogP contribution in [-0.4, -0.2) is 17.4 Å². The summed E-state index contributed by atoms with van der Waals surface area (Å²) in [6.45, 7) is 0. The van der Waals surface area contributed by atoms with E-state index in [1.165, 1.54) is 5.15 Å². The summed E-state index contributed by atoms with van der Waals surface area (Å²) in [6.07, 6.45) is 0. The van der Waals surface area contributed by atoms with E-state index in [9.17, 15) is 0 Å². The van der Waals surface area contributed by atoms with Gasteiger partial charge in [-0.25, -0.2) is 0 Å². The third-order valence-corrected chi connectivity index (χ3v) is 0. The first-order valence-electron chi connectivity index (χ1n) is 0.309. The van der Waals surface area contributed by atoms with Gasteiger partial charge in [-0.1, -0.05) is 0 Å². The van der Waals surface area contributed by atoms with E-state index in [-0.39, 0.29) is 20.2 Å². The molecule has 0 fully saturated rings. The third-order valence-electron chi connectivity index (χ3n) is 0. The highest BCUT2D eigenvalue weighted by Crippen LogP contribution is 1.61. The molecule has 4 heteroatoms. The van der Waals surface area contributed by atoms with Gasteiger partial charge in [-0.15, -0.1) is 0 Å². The summed E-state index contributed by atoms with van der Waals surface area (Å²) in [5.41, 5.74) is 0. The van der Waals surface area contributed by atoms with Crippen LogP contribution < -0.4 is 0 Å². The number of hydrogen-bond acceptors (Lipinski definition) is 1. The van der Waals surface area contributed by atoms with E-state index in [0.29, 0.717) is 0 Å². The maximum atomic E-state index is 9.12. The third kappa shape index (κ3) is 34.6. The molecule has 3 radical (unpaired) electrons. The maximum absolute atomic E-state index is 9.12.